The molecular formula is C19H21N3O2. The van der Waals surface area contributed by atoms with Crippen LogP contribution in [0.15, 0.2) is 42.5 Å². The van der Waals surface area contributed by atoms with Crippen LogP contribution < -0.4 is 10.6 Å². The van der Waals surface area contributed by atoms with E-state index < -0.39 is 0 Å². The standard InChI is InChI=1S/C19H21N3O2/c1-12-10-14(8-9-17(12)20)21(3)13(2)11-22-18(23)15-6-4-5-7-16(15)19(22)24/h4-10,13H,11,20H2,1-3H3. The molecule has 1 atom stereocenters. The lowest BCUT2D eigenvalue weighted by molar-refractivity contribution is 0.0646. The molecule has 2 aromatic carbocycles. The molecular weight excluding hydrogens is 302 g/mol. The molecule has 0 saturated carbocycles. The lowest BCUT2D eigenvalue weighted by Crippen LogP contribution is -2.43. The van der Waals surface area contributed by atoms with E-state index >= 15 is 0 Å². The monoisotopic (exact) mass is 323 g/mol. The van der Waals surface area contributed by atoms with Gasteiger partial charge >= 0.3 is 0 Å². The van der Waals surface area contributed by atoms with Gasteiger partial charge in [0.15, 0.2) is 0 Å². The van der Waals surface area contributed by atoms with Crippen LogP contribution in [-0.4, -0.2) is 36.3 Å². The van der Waals surface area contributed by atoms with Crippen molar-refractivity contribution in [2.75, 3.05) is 24.2 Å². The average molecular weight is 323 g/mol. The van der Waals surface area contributed by atoms with Crippen molar-refractivity contribution >= 4 is 23.2 Å². The van der Waals surface area contributed by atoms with E-state index in [1.165, 1.54) is 4.90 Å². The first kappa shape index (κ1) is 16.1. The summed E-state index contributed by atoms with van der Waals surface area (Å²) in [5.74, 6) is -0.436. The molecule has 0 bridgehead atoms. The SMILES string of the molecule is Cc1cc(N(C)C(C)CN2C(=O)c3ccccc3C2=O)ccc1N. The van der Waals surface area contributed by atoms with Crippen molar-refractivity contribution in [1.82, 2.24) is 4.90 Å². The zero-order chi connectivity index (χ0) is 17.4. The second kappa shape index (κ2) is 6.00. The van der Waals surface area contributed by atoms with Crippen LogP contribution in [0.1, 0.15) is 33.2 Å². The largest absolute Gasteiger partial charge is 0.399 e. The number of rotatable bonds is 4. The molecule has 0 aliphatic carbocycles. The molecule has 2 N–H and O–H groups in total. The Bertz CT molecular complexity index is 781. The number of nitrogens with zero attached hydrogens (tertiary/aromatic N) is 2. The summed E-state index contributed by atoms with van der Waals surface area (Å²) in [5.41, 5.74) is 9.60. The molecule has 1 aliphatic heterocycles. The molecule has 2 amide bonds. The van der Waals surface area contributed by atoms with E-state index in [-0.39, 0.29) is 17.9 Å². The Kier molecular flexibility index (Phi) is 4.01. The maximum atomic E-state index is 12.5. The van der Waals surface area contributed by atoms with Crippen molar-refractivity contribution < 1.29 is 9.59 Å². The number of imide groups is 1. The fourth-order valence-corrected chi connectivity index (χ4v) is 2.93. The molecule has 1 heterocycles. The highest BCUT2D eigenvalue weighted by Gasteiger charge is 2.36. The maximum Gasteiger partial charge on any atom is 0.261 e. The number of carbonyl (C=O) groups is 2. The van der Waals surface area contributed by atoms with Gasteiger partial charge in [0.1, 0.15) is 0 Å². The van der Waals surface area contributed by atoms with Crippen LogP contribution in [0.3, 0.4) is 0 Å². The minimum atomic E-state index is -0.218. The fourth-order valence-electron chi connectivity index (χ4n) is 2.93. The van der Waals surface area contributed by atoms with Crippen molar-refractivity contribution in [2.24, 2.45) is 0 Å². The Morgan fingerprint density at radius 1 is 1.08 bits per heavy atom. The minimum Gasteiger partial charge on any atom is -0.399 e. The number of amides is 2. The van der Waals surface area contributed by atoms with Gasteiger partial charge in [0.25, 0.3) is 11.8 Å². The highest BCUT2D eigenvalue weighted by molar-refractivity contribution is 6.21. The topological polar surface area (TPSA) is 66.6 Å². The molecule has 0 spiro atoms. The van der Waals surface area contributed by atoms with Crippen LogP contribution in [0.4, 0.5) is 11.4 Å². The number of nitrogen functional groups attached to an aromatic ring is 1. The van der Waals surface area contributed by atoms with Gasteiger partial charge in [-0.1, -0.05) is 12.1 Å². The second-order valence-corrected chi connectivity index (χ2v) is 6.27. The van der Waals surface area contributed by atoms with Crippen LogP contribution in [0.2, 0.25) is 0 Å². The number of aryl methyl sites for hydroxylation is 1. The van der Waals surface area contributed by atoms with E-state index in [0.717, 1.165) is 16.9 Å². The summed E-state index contributed by atoms with van der Waals surface area (Å²) in [7, 11) is 1.95. The Balaban J connectivity index is 1.78. The first-order valence-corrected chi connectivity index (χ1v) is 7.94. The smallest absolute Gasteiger partial charge is 0.261 e. The van der Waals surface area contributed by atoms with Crippen LogP contribution in [0, 0.1) is 6.92 Å². The van der Waals surface area contributed by atoms with Crippen LogP contribution >= 0.6 is 0 Å². The summed E-state index contributed by atoms with van der Waals surface area (Å²) in [6, 6.07) is 12.8. The third kappa shape index (κ3) is 2.62. The summed E-state index contributed by atoms with van der Waals surface area (Å²) in [4.78, 5) is 28.3. The van der Waals surface area contributed by atoms with E-state index in [0.29, 0.717) is 17.7 Å². The number of fused-ring (bicyclic) bond motifs is 1. The molecule has 3 rings (SSSR count). The average Bonchev–Trinajstić information content (AvgIpc) is 2.82. The van der Waals surface area contributed by atoms with E-state index in [1.54, 1.807) is 24.3 Å². The number of hydrogen-bond donors (Lipinski definition) is 1. The summed E-state index contributed by atoms with van der Waals surface area (Å²) in [6.07, 6.45) is 0. The first-order valence-electron chi connectivity index (χ1n) is 7.94. The summed E-state index contributed by atoms with van der Waals surface area (Å²) in [5, 5.41) is 0. The number of anilines is 2. The van der Waals surface area contributed by atoms with Gasteiger partial charge in [0, 0.05) is 31.0 Å². The predicted molar refractivity (Wildman–Crippen MR) is 95.3 cm³/mol. The molecule has 0 aromatic heterocycles. The third-order valence-corrected chi connectivity index (χ3v) is 4.65. The lowest BCUT2D eigenvalue weighted by Gasteiger charge is -2.30. The molecule has 5 heteroatoms. The Morgan fingerprint density at radius 3 is 2.21 bits per heavy atom. The van der Waals surface area contributed by atoms with Crippen molar-refractivity contribution in [2.45, 2.75) is 19.9 Å². The second-order valence-electron chi connectivity index (χ2n) is 6.27. The summed E-state index contributed by atoms with van der Waals surface area (Å²) in [6.45, 7) is 4.29. The molecule has 1 unspecified atom stereocenters. The molecule has 0 radical (unpaired) electrons. The van der Waals surface area contributed by atoms with E-state index in [9.17, 15) is 9.59 Å². The van der Waals surface area contributed by atoms with Crippen molar-refractivity contribution in [1.29, 1.82) is 0 Å². The maximum absolute atomic E-state index is 12.5. The predicted octanol–water partition coefficient (Wildman–Crippen LogP) is 2.70. The molecule has 2 aromatic rings. The Hall–Kier alpha value is -2.82. The normalized spacial score (nSPS) is 14.7. The quantitative estimate of drug-likeness (QED) is 0.694. The molecule has 0 saturated heterocycles. The lowest BCUT2D eigenvalue weighted by atomic mass is 10.1. The van der Waals surface area contributed by atoms with Gasteiger partial charge in [-0.05, 0) is 49.7 Å². The van der Waals surface area contributed by atoms with E-state index in [2.05, 4.69) is 4.90 Å². The van der Waals surface area contributed by atoms with Gasteiger partial charge < -0.3 is 10.6 Å². The number of likely N-dealkylation sites (N-methyl/N-ethyl adjacent to an activating group) is 1. The Morgan fingerprint density at radius 2 is 1.67 bits per heavy atom. The van der Waals surface area contributed by atoms with Crippen LogP contribution in [0.5, 0.6) is 0 Å². The van der Waals surface area contributed by atoms with Crippen LogP contribution in [-0.2, 0) is 0 Å². The number of nitrogens with two attached hydrogens (primary N) is 1. The van der Waals surface area contributed by atoms with Gasteiger partial charge in [0.2, 0.25) is 0 Å². The van der Waals surface area contributed by atoms with Gasteiger partial charge in [-0.3, -0.25) is 14.5 Å². The zero-order valence-corrected chi connectivity index (χ0v) is 14.1. The van der Waals surface area contributed by atoms with Gasteiger partial charge in [-0.2, -0.15) is 0 Å². The molecule has 0 fully saturated rings. The highest BCUT2D eigenvalue weighted by atomic mass is 16.2. The van der Waals surface area contributed by atoms with Crippen molar-refractivity contribution in [3.05, 3.63) is 59.2 Å². The van der Waals surface area contributed by atoms with Gasteiger partial charge in [0.05, 0.1) is 11.1 Å². The molecule has 24 heavy (non-hydrogen) atoms. The van der Waals surface area contributed by atoms with E-state index in [4.69, 9.17) is 5.73 Å². The first-order chi connectivity index (χ1) is 11.4. The fraction of sp³-hybridized carbons (Fsp3) is 0.263. The zero-order valence-electron chi connectivity index (χ0n) is 14.1. The molecule has 5 nitrogen and oxygen atoms in total. The van der Waals surface area contributed by atoms with Gasteiger partial charge in [-0.15, -0.1) is 0 Å². The summed E-state index contributed by atoms with van der Waals surface area (Å²) < 4.78 is 0. The van der Waals surface area contributed by atoms with Crippen molar-refractivity contribution in [3.63, 3.8) is 0 Å². The number of hydrogen-bond acceptors (Lipinski definition) is 4. The van der Waals surface area contributed by atoms with Crippen molar-refractivity contribution in [3.8, 4) is 0 Å². The summed E-state index contributed by atoms with van der Waals surface area (Å²) >= 11 is 0. The van der Waals surface area contributed by atoms with Gasteiger partial charge in [-0.25, -0.2) is 0 Å². The minimum absolute atomic E-state index is 0.0183. The Labute approximate surface area is 141 Å². The molecule has 124 valence electrons. The van der Waals surface area contributed by atoms with E-state index in [1.807, 2.05) is 39.1 Å². The third-order valence-electron chi connectivity index (χ3n) is 4.65. The van der Waals surface area contributed by atoms with Crippen LogP contribution in [0.25, 0.3) is 0 Å². The molecule has 1 aliphatic rings. The highest BCUT2D eigenvalue weighted by Crippen LogP contribution is 2.25. The number of carbonyl (C=O) groups excluding carboxylic acids is 2. The number of benzene rings is 2.